The molecule has 3 heterocycles. The molecular formula is C23H28N6O5. The molecule has 1 aromatic heterocycles. The minimum Gasteiger partial charge on any atom is -0.501 e. The van der Waals surface area contributed by atoms with Crippen molar-refractivity contribution in [3.05, 3.63) is 51.7 Å². The van der Waals surface area contributed by atoms with Crippen LogP contribution in [0.15, 0.2) is 29.1 Å². The Hall–Kier alpha value is -3.89. The lowest BCUT2D eigenvalue weighted by Gasteiger charge is -2.37. The molecule has 5 rings (SSSR count). The van der Waals surface area contributed by atoms with E-state index in [2.05, 4.69) is 15.6 Å². The van der Waals surface area contributed by atoms with Gasteiger partial charge in [-0.1, -0.05) is 12.1 Å². The molecule has 34 heavy (non-hydrogen) atoms. The van der Waals surface area contributed by atoms with Crippen LogP contribution in [0.3, 0.4) is 0 Å². The average Bonchev–Trinajstić information content (AvgIpc) is 3.06. The van der Waals surface area contributed by atoms with Gasteiger partial charge in [-0.2, -0.15) is 0 Å². The van der Waals surface area contributed by atoms with Crippen LogP contribution in [0.1, 0.15) is 47.6 Å². The molecule has 1 aliphatic carbocycles. The number of fused-ring (bicyclic) bond motifs is 2. The largest absolute Gasteiger partial charge is 0.501 e. The molecule has 0 saturated heterocycles. The van der Waals surface area contributed by atoms with Crippen LogP contribution in [0.2, 0.25) is 0 Å². The van der Waals surface area contributed by atoms with E-state index in [0.29, 0.717) is 37.9 Å². The summed E-state index contributed by atoms with van der Waals surface area (Å²) in [6.45, 7) is 0.460. The first-order valence-electron chi connectivity index (χ1n) is 11.1. The smallest absolute Gasteiger partial charge is 0.311 e. The Bertz CT molecular complexity index is 1200. The summed E-state index contributed by atoms with van der Waals surface area (Å²) in [5.74, 6) is -2.65. The fraction of sp³-hybridized carbons (Fsp3) is 0.435. The zero-order valence-corrected chi connectivity index (χ0v) is 19.1. The molecule has 3 amide bonds. The molecule has 2 bridgehead atoms. The van der Waals surface area contributed by atoms with E-state index in [1.165, 1.54) is 23.6 Å². The fourth-order valence-electron chi connectivity index (χ4n) is 4.63. The van der Waals surface area contributed by atoms with Gasteiger partial charge in [0.15, 0.2) is 5.69 Å². The Morgan fingerprint density at radius 1 is 1.21 bits per heavy atom. The minimum absolute atomic E-state index is 0.139. The summed E-state index contributed by atoms with van der Waals surface area (Å²) < 4.78 is 1.33. The van der Waals surface area contributed by atoms with E-state index in [1.807, 2.05) is 0 Å². The highest BCUT2D eigenvalue weighted by molar-refractivity contribution is 6.35. The van der Waals surface area contributed by atoms with E-state index in [1.54, 1.807) is 24.3 Å². The number of hydrogen-bond acceptors (Lipinski definition) is 7. The molecule has 11 heteroatoms. The molecule has 0 spiro atoms. The van der Waals surface area contributed by atoms with Crippen LogP contribution >= 0.6 is 0 Å². The number of rotatable bonds is 4. The lowest BCUT2D eigenvalue weighted by atomic mass is 9.77. The van der Waals surface area contributed by atoms with Crippen molar-refractivity contribution in [3.63, 3.8) is 0 Å². The van der Waals surface area contributed by atoms with Crippen molar-refractivity contribution in [1.82, 2.24) is 25.1 Å². The minimum atomic E-state index is -1.09. The van der Waals surface area contributed by atoms with Gasteiger partial charge in [-0.3, -0.25) is 23.7 Å². The molecule has 0 atom stereocenters. The summed E-state index contributed by atoms with van der Waals surface area (Å²) in [5, 5.41) is 16.0. The number of anilines is 1. The highest BCUT2D eigenvalue weighted by Crippen LogP contribution is 2.42. The van der Waals surface area contributed by atoms with Crippen molar-refractivity contribution in [2.24, 2.45) is 5.92 Å². The molecular weight excluding hydrogens is 440 g/mol. The highest BCUT2D eigenvalue weighted by atomic mass is 16.3. The first-order valence-corrected chi connectivity index (χ1v) is 11.1. The van der Waals surface area contributed by atoms with Crippen LogP contribution in [0, 0.1) is 5.92 Å². The van der Waals surface area contributed by atoms with Gasteiger partial charge in [0.05, 0.1) is 5.54 Å². The number of aromatic nitrogens is 2. The Labute approximate surface area is 196 Å². The number of carbonyl (C=O) groups excluding carboxylic acids is 3. The summed E-state index contributed by atoms with van der Waals surface area (Å²) >= 11 is 0. The maximum Gasteiger partial charge on any atom is 0.311 e. The van der Waals surface area contributed by atoms with Gasteiger partial charge >= 0.3 is 11.8 Å². The molecule has 0 unspecified atom stereocenters. The number of carbonyl (C=O) groups is 3. The monoisotopic (exact) mass is 468 g/mol. The summed E-state index contributed by atoms with van der Waals surface area (Å²) in [5.41, 5.74) is 4.80. The Kier molecular flexibility index (Phi) is 6.03. The van der Waals surface area contributed by atoms with E-state index < -0.39 is 40.3 Å². The van der Waals surface area contributed by atoms with Crippen molar-refractivity contribution in [2.45, 2.75) is 44.3 Å². The summed E-state index contributed by atoms with van der Waals surface area (Å²) in [7, 11) is 2.95. The van der Waals surface area contributed by atoms with E-state index in [4.69, 9.17) is 5.73 Å². The van der Waals surface area contributed by atoms with Gasteiger partial charge in [0, 0.05) is 32.9 Å². The van der Waals surface area contributed by atoms with Crippen LogP contribution in [0.4, 0.5) is 5.69 Å². The highest BCUT2D eigenvalue weighted by Gasteiger charge is 2.46. The Balaban J connectivity index is 1.70. The van der Waals surface area contributed by atoms with E-state index >= 15 is 0 Å². The predicted octanol–water partition coefficient (Wildman–Crippen LogP) is 0.0646. The normalized spacial score (nSPS) is 20.7. The van der Waals surface area contributed by atoms with Gasteiger partial charge in [-0.05, 0) is 49.3 Å². The second kappa shape index (κ2) is 8.81. The maximum absolute atomic E-state index is 13.1. The van der Waals surface area contributed by atoms with E-state index in [0.717, 1.165) is 5.56 Å². The second-order valence-corrected chi connectivity index (χ2v) is 9.15. The fourth-order valence-corrected chi connectivity index (χ4v) is 4.63. The number of amides is 3. The van der Waals surface area contributed by atoms with Crippen molar-refractivity contribution < 1.29 is 19.5 Å². The molecule has 0 radical (unpaired) electrons. The molecule has 1 saturated carbocycles. The number of nitrogens with one attached hydrogen (secondary N) is 2. The molecule has 1 aromatic carbocycles. The first kappa shape index (κ1) is 23.3. The zero-order chi connectivity index (χ0) is 24.6. The lowest BCUT2D eigenvalue weighted by Crippen LogP contribution is -2.53. The second-order valence-electron chi connectivity index (χ2n) is 9.15. The van der Waals surface area contributed by atoms with Gasteiger partial charge in [0.25, 0.3) is 11.5 Å². The third-order valence-corrected chi connectivity index (χ3v) is 6.57. The third kappa shape index (κ3) is 4.20. The van der Waals surface area contributed by atoms with Gasteiger partial charge in [0.2, 0.25) is 5.75 Å². The van der Waals surface area contributed by atoms with E-state index in [-0.39, 0.29) is 18.3 Å². The molecule has 5 N–H and O–H groups in total. The first-order chi connectivity index (χ1) is 16.1. The summed E-state index contributed by atoms with van der Waals surface area (Å²) in [4.78, 5) is 56.5. The number of nitrogens with two attached hydrogens (primary N) is 1. The number of nitrogens with zero attached hydrogens (tertiary/aromatic N) is 3. The van der Waals surface area contributed by atoms with Gasteiger partial charge in [-0.25, -0.2) is 4.98 Å². The molecule has 3 aliphatic rings. The molecule has 11 nitrogen and oxygen atoms in total. The van der Waals surface area contributed by atoms with Crippen molar-refractivity contribution in [3.8, 4) is 5.75 Å². The van der Waals surface area contributed by atoms with Crippen molar-refractivity contribution in [2.75, 3.05) is 19.8 Å². The van der Waals surface area contributed by atoms with Crippen LogP contribution in [-0.4, -0.2) is 51.4 Å². The zero-order valence-electron chi connectivity index (χ0n) is 19.1. The standard InChI is InChI=1S/C23H28N6O5/c1-28(2)21(34)19(32)27-23-9-7-14(8-10-23)12-29-20(33)17(30)16(26-22(23)29)18(31)25-11-13-3-5-15(24)6-4-13/h3-6,14,30H,7-12,24H2,1-2H3,(H,25,31)(H,27,32). The quantitative estimate of drug-likeness (QED) is 0.365. The van der Waals surface area contributed by atoms with E-state index in [9.17, 15) is 24.3 Å². The predicted molar refractivity (Wildman–Crippen MR) is 123 cm³/mol. The summed E-state index contributed by atoms with van der Waals surface area (Å²) in [6.07, 6.45) is 2.35. The van der Waals surface area contributed by atoms with Crippen LogP contribution in [0.5, 0.6) is 5.75 Å². The van der Waals surface area contributed by atoms with Crippen molar-refractivity contribution in [1.29, 1.82) is 0 Å². The number of likely N-dealkylation sites (N-methyl/N-ethyl adjacent to an activating group) is 1. The Morgan fingerprint density at radius 2 is 1.85 bits per heavy atom. The maximum atomic E-state index is 13.1. The van der Waals surface area contributed by atoms with Crippen LogP contribution in [-0.2, 0) is 28.2 Å². The number of benzene rings is 1. The molecule has 180 valence electrons. The topological polar surface area (TPSA) is 160 Å². The summed E-state index contributed by atoms with van der Waals surface area (Å²) in [6, 6.07) is 6.90. The van der Waals surface area contributed by atoms with Crippen molar-refractivity contribution >= 4 is 23.4 Å². The molecule has 1 fully saturated rings. The van der Waals surface area contributed by atoms with Crippen LogP contribution in [0.25, 0.3) is 0 Å². The molecule has 2 aliphatic heterocycles. The van der Waals surface area contributed by atoms with Gasteiger partial charge in [-0.15, -0.1) is 0 Å². The number of nitrogen functional groups attached to an aromatic ring is 1. The van der Waals surface area contributed by atoms with Gasteiger partial charge < -0.3 is 26.4 Å². The molecule has 2 aromatic rings. The Morgan fingerprint density at radius 3 is 2.47 bits per heavy atom. The number of aromatic hydroxyl groups is 1. The number of hydrogen-bond donors (Lipinski definition) is 4. The third-order valence-electron chi connectivity index (χ3n) is 6.57. The SMILES string of the molecule is CN(C)C(=O)C(=O)NC12CCC(CC1)Cn1c2nc(C(=O)NCc2ccc(N)cc2)c(O)c1=O. The lowest BCUT2D eigenvalue weighted by molar-refractivity contribution is -0.145. The van der Waals surface area contributed by atoms with Crippen LogP contribution < -0.4 is 21.9 Å². The average molecular weight is 469 g/mol. The van der Waals surface area contributed by atoms with Gasteiger partial charge in [0.1, 0.15) is 5.82 Å².